The molecule has 1 N–H and O–H groups in total. The summed E-state index contributed by atoms with van der Waals surface area (Å²) < 4.78 is 10.6. The fourth-order valence-corrected chi connectivity index (χ4v) is 2.96. The van der Waals surface area contributed by atoms with Crippen molar-refractivity contribution in [2.45, 2.75) is 19.9 Å². The van der Waals surface area contributed by atoms with Gasteiger partial charge in [-0.25, -0.2) is 4.79 Å². The van der Waals surface area contributed by atoms with Gasteiger partial charge in [0.15, 0.2) is 6.61 Å². The van der Waals surface area contributed by atoms with Crippen LogP contribution in [0.15, 0.2) is 66.7 Å². The topological polar surface area (TPSA) is 64.6 Å². The summed E-state index contributed by atoms with van der Waals surface area (Å²) in [6, 6.07) is 20.8. The number of ether oxygens (including phenoxy) is 2. The van der Waals surface area contributed by atoms with Crippen molar-refractivity contribution in [2.24, 2.45) is 0 Å². The van der Waals surface area contributed by atoms with Crippen molar-refractivity contribution in [3.05, 3.63) is 77.9 Å². The fourth-order valence-electron chi connectivity index (χ4n) is 2.96. The molecule has 0 aliphatic heterocycles. The van der Waals surface area contributed by atoms with Gasteiger partial charge in [0.1, 0.15) is 11.3 Å². The second-order valence-corrected chi connectivity index (χ2v) is 6.40. The second kappa shape index (κ2) is 9.04. The Morgan fingerprint density at radius 1 is 0.964 bits per heavy atom. The standard InChI is InChI=1S/C23H23NO4/c1-3-27-23(26)20-10-6-7-11-21(20)28-15-22(25)24-16(2)18-13-12-17-8-4-5-9-19(17)14-18/h4-14,16H,3,15H2,1-2H3,(H,24,25)/t16-/m0/s1. The Kier molecular flexibility index (Phi) is 6.27. The van der Waals surface area contributed by atoms with E-state index in [9.17, 15) is 9.59 Å². The first-order valence-electron chi connectivity index (χ1n) is 9.25. The van der Waals surface area contributed by atoms with Crippen LogP contribution < -0.4 is 10.1 Å². The van der Waals surface area contributed by atoms with Gasteiger partial charge < -0.3 is 14.8 Å². The number of fused-ring (bicyclic) bond motifs is 1. The summed E-state index contributed by atoms with van der Waals surface area (Å²) >= 11 is 0. The Morgan fingerprint density at radius 2 is 1.68 bits per heavy atom. The summed E-state index contributed by atoms with van der Waals surface area (Å²) in [7, 11) is 0. The van der Waals surface area contributed by atoms with Crippen molar-refractivity contribution < 1.29 is 19.1 Å². The molecule has 0 aromatic heterocycles. The molecule has 3 aromatic carbocycles. The molecule has 5 nitrogen and oxygen atoms in total. The molecule has 28 heavy (non-hydrogen) atoms. The molecule has 0 aliphatic carbocycles. The van der Waals surface area contributed by atoms with Crippen molar-refractivity contribution in [1.82, 2.24) is 5.32 Å². The monoisotopic (exact) mass is 377 g/mol. The van der Waals surface area contributed by atoms with Crippen LogP contribution in [0.2, 0.25) is 0 Å². The summed E-state index contributed by atoms with van der Waals surface area (Å²) in [4.78, 5) is 24.3. The Morgan fingerprint density at radius 3 is 2.46 bits per heavy atom. The quantitative estimate of drug-likeness (QED) is 0.625. The number of hydrogen-bond acceptors (Lipinski definition) is 4. The predicted octanol–water partition coefficient (Wildman–Crippen LogP) is 4.27. The SMILES string of the molecule is CCOC(=O)c1ccccc1OCC(=O)N[C@@H](C)c1ccc2ccccc2c1. The molecular formula is C23H23NO4. The van der Waals surface area contributed by atoms with E-state index in [0.717, 1.165) is 16.3 Å². The third-order valence-corrected chi connectivity index (χ3v) is 4.39. The number of rotatable bonds is 7. The zero-order chi connectivity index (χ0) is 19.9. The molecule has 1 amide bonds. The van der Waals surface area contributed by atoms with Crippen LogP contribution in [0.25, 0.3) is 10.8 Å². The number of benzene rings is 3. The van der Waals surface area contributed by atoms with Gasteiger partial charge in [-0.3, -0.25) is 4.79 Å². The minimum Gasteiger partial charge on any atom is -0.483 e. The van der Waals surface area contributed by atoms with Crippen molar-refractivity contribution in [3.63, 3.8) is 0 Å². The number of esters is 1. The Labute approximate surface area is 164 Å². The molecule has 0 radical (unpaired) electrons. The molecule has 0 bridgehead atoms. The highest BCUT2D eigenvalue weighted by molar-refractivity contribution is 5.92. The van der Waals surface area contributed by atoms with Gasteiger partial charge in [-0.2, -0.15) is 0 Å². The summed E-state index contributed by atoms with van der Waals surface area (Å²) in [5, 5.41) is 5.21. The van der Waals surface area contributed by atoms with Gasteiger partial charge in [-0.15, -0.1) is 0 Å². The van der Waals surface area contributed by atoms with E-state index in [4.69, 9.17) is 9.47 Å². The first-order chi connectivity index (χ1) is 13.6. The zero-order valence-electron chi connectivity index (χ0n) is 16.0. The van der Waals surface area contributed by atoms with E-state index in [1.54, 1.807) is 31.2 Å². The van der Waals surface area contributed by atoms with E-state index in [2.05, 4.69) is 17.4 Å². The Hall–Kier alpha value is -3.34. The Balaban J connectivity index is 1.62. The van der Waals surface area contributed by atoms with Crippen LogP contribution in [0.4, 0.5) is 0 Å². The molecule has 0 saturated carbocycles. The van der Waals surface area contributed by atoms with Crippen molar-refractivity contribution in [3.8, 4) is 5.75 Å². The van der Waals surface area contributed by atoms with Crippen LogP contribution in [-0.2, 0) is 9.53 Å². The van der Waals surface area contributed by atoms with Crippen LogP contribution in [0.1, 0.15) is 35.8 Å². The maximum Gasteiger partial charge on any atom is 0.341 e. The number of hydrogen-bond donors (Lipinski definition) is 1. The smallest absolute Gasteiger partial charge is 0.341 e. The number of para-hydroxylation sites is 1. The van der Waals surface area contributed by atoms with Crippen LogP contribution in [0, 0.1) is 0 Å². The first kappa shape index (κ1) is 19.4. The van der Waals surface area contributed by atoms with E-state index in [0.29, 0.717) is 11.3 Å². The van der Waals surface area contributed by atoms with E-state index in [1.807, 2.05) is 37.3 Å². The highest BCUT2D eigenvalue weighted by Gasteiger charge is 2.15. The predicted molar refractivity (Wildman–Crippen MR) is 108 cm³/mol. The average molecular weight is 377 g/mol. The fraction of sp³-hybridized carbons (Fsp3) is 0.217. The number of carbonyl (C=O) groups excluding carboxylic acids is 2. The highest BCUT2D eigenvalue weighted by Crippen LogP contribution is 2.21. The molecule has 3 rings (SSSR count). The minimum atomic E-state index is -0.469. The zero-order valence-corrected chi connectivity index (χ0v) is 16.0. The molecule has 3 aromatic rings. The van der Waals surface area contributed by atoms with E-state index in [1.165, 1.54) is 0 Å². The maximum absolute atomic E-state index is 12.3. The lowest BCUT2D eigenvalue weighted by Gasteiger charge is -2.16. The number of nitrogens with one attached hydrogen (secondary N) is 1. The molecule has 0 fully saturated rings. The first-order valence-corrected chi connectivity index (χ1v) is 9.25. The summed E-state index contributed by atoms with van der Waals surface area (Å²) in [6.45, 7) is 3.75. The second-order valence-electron chi connectivity index (χ2n) is 6.40. The Bertz CT molecular complexity index is 983. The molecule has 1 atom stereocenters. The van der Waals surface area contributed by atoms with Crippen LogP contribution in [-0.4, -0.2) is 25.1 Å². The van der Waals surface area contributed by atoms with Gasteiger partial charge in [0.2, 0.25) is 0 Å². The van der Waals surface area contributed by atoms with Crippen molar-refractivity contribution >= 4 is 22.6 Å². The van der Waals surface area contributed by atoms with E-state index in [-0.39, 0.29) is 25.2 Å². The van der Waals surface area contributed by atoms with Crippen LogP contribution >= 0.6 is 0 Å². The lowest BCUT2D eigenvalue weighted by molar-refractivity contribution is -0.123. The molecule has 0 saturated heterocycles. The van der Waals surface area contributed by atoms with E-state index < -0.39 is 5.97 Å². The van der Waals surface area contributed by atoms with Crippen LogP contribution in [0.3, 0.4) is 0 Å². The number of amides is 1. The molecule has 0 heterocycles. The summed E-state index contributed by atoms with van der Waals surface area (Å²) in [5.74, 6) is -0.406. The maximum atomic E-state index is 12.3. The highest BCUT2D eigenvalue weighted by atomic mass is 16.5. The third-order valence-electron chi connectivity index (χ3n) is 4.39. The molecule has 5 heteroatoms. The lowest BCUT2D eigenvalue weighted by Crippen LogP contribution is -2.31. The molecule has 0 aliphatic rings. The molecular weight excluding hydrogens is 354 g/mol. The van der Waals surface area contributed by atoms with E-state index >= 15 is 0 Å². The van der Waals surface area contributed by atoms with Gasteiger partial charge >= 0.3 is 5.97 Å². The minimum absolute atomic E-state index is 0.166. The molecule has 0 spiro atoms. The van der Waals surface area contributed by atoms with Gasteiger partial charge in [-0.05, 0) is 48.4 Å². The largest absolute Gasteiger partial charge is 0.483 e. The number of carbonyl (C=O) groups is 2. The van der Waals surface area contributed by atoms with Gasteiger partial charge in [0, 0.05) is 0 Å². The van der Waals surface area contributed by atoms with Crippen LogP contribution in [0.5, 0.6) is 5.75 Å². The van der Waals surface area contributed by atoms with Crippen molar-refractivity contribution in [1.29, 1.82) is 0 Å². The molecule has 144 valence electrons. The lowest BCUT2D eigenvalue weighted by atomic mass is 10.0. The van der Waals surface area contributed by atoms with Crippen molar-refractivity contribution in [2.75, 3.05) is 13.2 Å². The third kappa shape index (κ3) is 4.68. The van der Waals surface area contributed by atoms with Gasteiger partial charge in [-0.1, -0.05) is 48.5 Å². The molecule has 0 unspecified atom stereocenters. The average Bonchev–Trinajstić information content (AvgIpc) is 2.72. The summed E-state index contributed by atoms with van der Waals surface area (Å²) in [5.41, 5.74) is 1.32. The normalized spacial score (nSPS) is 11.6. The van der Waals surface area contributed by atoms with Gasteiger partial charge in [0.25, 0.3) is 5.91 Å². The van der Waals surface area contributed by atoms with Gasteiger partial charge in [0.05, 0.1) is 12.6 Å². The summed E-state index contributed by atoms with van der Waals surface area (Å²) in [6.07, 6.45) is 0.